The van der Waals surface area contributed by atoms with Crippen LogP contribution in [0.25, 0.3) is 6.08 Å². The summed E-state index contributed by atoms with van der Waals surface area (Å²) in [5.74, 6) is 0.294. The van der Waals surface area contributed by atoms with Gasteiger partial charge in [-0.15, -0.1) is 0 Å². The number of carboxylic acid groups (broad SMARTS) is 1. The number of carboxylic acids is 1. The van der Waals surface area contributed by atoms with Crippen LogP contribution in [-0.4, -0.2) is 48.5 Å². The van der Waals surface area contributed by atoms with Crippen molar-refractivity contribution in [1.82, 2.24) is 4.57 Å². The molecule has 4 aromatic rings. The summed E-state index contributed by atoms with van der Waals surface area (Å²) in [6.45, 7) is 7.60. The summed E-state index contributed by atoms with van der Waals surface area (Å²) < 4.78 is 31.1. The molecule has 0 radical (unpaired) electrons. The lowest BCUT2D eigenvalue weighted by molar-refractivity contribution is -0.139. The van der Waals surface area contributed by atoms with E-state index in [1.165, 1.54) is 42.3 Å². The molecule has 0 amide bonds. The second kappa shape index (κ2) is 15.1. The molecular weight excluding hydrogens is 716 g/mol. The van der Waals surface area contributed by atoms with Gasteiger partial charge < -0.3 is 28.8 Å². The Balaban J connectivity index is 1.56. The number of esters is 1. The van der Waals surface area contributed by atoms with Crippen molar-refractivity contribution in [1.29, 1.82) is 0 Å². The molecule has 0 saturated heterocycles. The molecule has 1 aliphatic heterocycles. The van der Waals surface area contributed by atoms with Crippen molar-refractivity contribution in [2.45, 2.75) is 46.4 Å². The summed E-state index contributed by atoms with van der Waals surface area (Å²) in [7, 11) is 3.05. The number of hydrogen-bond acceptors (Lipinski definition) is 10. The van der Waals surface area contributed by atoms with Gasteiger partial charge in [0.2, 0.25) is 0 Å². The predicted molar refractivity (Wildman–Crippen MR) is 188 cm³/mol. The van der Waals surface area contributed by atoms with Crippen LogP contribution in [0.15, 0.2) is 80.1 Å². The molecule has 256 valence electrons. The standard InChI is InChI=1S/C36H35BrN2O9S/c1-7-46-35(43)30-20(4)38-36-39(31(30)24-12-13-26(48-19(2)3)27(17-24)44-5)33(40)29(49-36)16-22-14-25(37)32(28(15-22)45-6)47-18-21-8-10-23(11-9-21)34(41)42/h8-17,19,31H,7,18H2,1-6H3,(H,41,42)/b29-16-/t31-/m0/s1. The number of benzene rings is 3. The van der Waals surface area contributed by atoms with Gasteiger partial charge in [-0.1, -0.05) is 29.5 Å². The molecule has 0 fully saturated rings. The quantitative estimate of drug-likeness (QED) is 0.183. The van der Waals surface area contributed by atoms with E-state index in [2.05, 4.69) is 20.9 Å². The van der Waals surface area contributed by atoms with E-state index >= 15 is 0 Å². The highest BCUT2D eigenvalue weighted by Gasteiger charge is 2.34. The molecule has 0 aliphatic carbocycles. The molecule has 1 atom stereocenters. The number of halogens is 1. The van der Waals surface area contributed by atoms with Gasteiger partial charge >= 0.3 is 11.9 Å². The third-order valence-corrected chi connectivity index (χ3v) is 9.09. The first kappa shape index (κ1) is 35.4. The minimum atomic E-state index is -1.00. The van der Waals surface area contributed by atoms with Crippen molar-refractivity contribution in [3.8, 4) is 23.0 Å². The van der Waals surface area contributed by atoms with Crippen molar-refractivity contribution in [3.63, 3.8) is 0 Å². The molecular formula is C36H35BrN2O9S. The van der Waals surface area contributed by atoms with Crippen LogP contribution in [0.2, 0.25) is 0 Å². The van der Waals surface area contributed by atoms with Crippen LogP contribution in [0.5, 0.6) is 23.0 Å². The number of thiazole rings is 1. The number of carbonyl (C=O) groups excluding carboxylic acids is 1. The Morgan fingerprint density at radius 2 is 1.76 bits per heavy atom. The zero-order chi connectivity index (χ0) is 35.4. The molecule has 13 heteroatoms. The van der Waals surface area contributed by atoms with Crippen molar-refractivity contribution >= 4 is 45.3 Å². The molecule has 0 bridgehead atoms. The van der Waals surface area contributed by atoms with Crippen LogP contribution in [0.3, 0.4) is 0 Å². The van der Waals surface area contributed by atoms with Crippen molar-refractivity contribution in [3.05, 3.63) is 112 Å². The van der Waals surface area contributed by atoms with Gasteiger partial charge in [-0.3, -0.25) is 9.36 Å². The molecule has 11 nitrogen and oxygen atoms in total. The number of aromatic nitrogens is 1. The van der Waals surface area contributed by atoms with E-state index in [9.17, 15) is 14.4 Å². The lowest BCUT2D eigenvalue weighted by Gasteiger charge is -2.25. The first-order valence-electron chi connectivity index (χ1n) is 15.3. The Labute approximate surface area is 294 Å². The topological polar surface area (TPSA) is 135 Å². The molecule has 1 aliphatic rings. The van der Waals surface area contributed by atoms with E-state index in [-0.39, 0.29) is 36.0 Å². The highest BCUT2D eigenvalue weighted by atomic mass is 79.9. The number of methoxy groups -OCH3 is 2. The van der Waals surface area contributed by atoms with E-state index in [0.717, 1.165) is 5.56 Å². The Hall–Kier alpha value is -4.88. The molecule has 1 aromatic heterocycles. The molecule has 3 aromatic carbocycles. The molecule has 5 rings (SSSR count). The van der Waals surface area contributed by atoms with Gasteiger partial charge in [0.1, 0.15) is 6.61 Å². The van der Waals surface area contributed by atoms with Crippen LogP contribution in [-0.2, 0) is 16.1 Å². The zero-order valence-electron chi connectivity index (χ0n) is 27.7. The molecule has 49 heavy (non-hydrogen) atoms. The SMILES string of the molecule is CCOC(=O)C1=C(C)N=c2s/c(=C\c3cc(Br)c(OCc4ccc(C(=O)O)cc4)c(OC)c3)c(=O)n2[C@H]1c1ccc(OC(C)C)c(OC)c1. The summed E-state index contributed by atoms with van der Waals surface area (Å²) in [6.07, 6.45) is 1.64. The lowest BCUT2D eigenvalue weighted by atomic mass is 9.95. The maximum atomic E-state index is 14.2. The lowest BCUT2D eigenvalue weighted by Crippen LogP contribution is -2.40. The Bertz CT molecular complexity index is 2120. The molecule has 2 heterocycles. The van der Waals surface area contributed by atoms with Crippen LogP contribution >= 0.6 is 27.3 Å². The van der Waals surface area contributed by atoms with Gasteiger partial charge in [-0.2, -0.15) is 0 Å². The van der Waals surface area contributed by atoms with Crippen molar-refractivity contribution in [2.75, 3.05) is 20.8 Å². The fourth-order valence-electron chi connectivity index (χ4n) is 5.33. The van der Waals surface area contributed by atoms with Crippen LogP contribution in [0.4, 0.5) is 0 Å². The molecule has 0 unspecified atom stereocenters. The summed E-state index contributed by atoms with van der Waals surface area (Å²) >= 11 is 4.77. The third-order valence-electron chi connectivity index (χ3n) is 7.52. The number of allylic oxidation sites excluding steroid dienone is 1. The van der Waals surface area contributed by atoms with E-state index in [0.29, 0.717) is 53.6 Å². The highest BCUT2D eigenvalue weighted by molar-refractivity contribution is 9.10. The molecule has 0 spiro atoms. The van der Waals surface area contributed by atoms with Gasteiger partial charge in [0.15, 0.2) is 27.8 Å². The largest absolute Gasteiger partial charge is 0.493 e. The molecule has 1 N–H and O–H groups in total. The number of fused-ring (bicyclic) bond motifs is 1. The van der Waals surface area contributed by atoms with Crippen LogP contribution < -0.4 is 33.8 Å². The average molecular weight is 752 g/mol. The van der Waals surface area contributed by atoms with Crippen LogP contribution in [0, 0.1) is 0 Å². The summed E-state index contributed by atoms with van der Waals surface area (Å²) in [5, 5.41) is 9.16. The highest BCUT2D eigenvalue weighted by Crippen LogP contribution is 2.38. The minimum absolute atomic E-state index is 0.0909. The third kappa shape index (κ3) is 7.57. The number of carbonyl (C=O) groups is 2. The molecule has 0 saturated carbocycles. The number of hydrogen-bond donors (Lipinski definition) is 1. The first-order valence-corrected chi connectivity index (χ1v) is 16.9. The summed E-state index contributed by atoms with van der Waals surface area (Å²) in [6, 6.07) is 14.4. The van der Waals surface area contributed by atoms with Crippen molar-refractivity contribution in [2.24, 2.45) is 4.99 Å². The predicted octanol–water partition coefficient (Wildman–Crippen LogP) is 5.64. The fourth-order valence-corrected chi connectivity index (χ4v) is 6.95. The smallest absolute Gasteiger partial charge is 0.338 e. The van der Waals surface area contributed by atoms with Gasteiger partial charge in [-0.25, -0.2) is 14.6 Å². The normalized spacial score (nSPS) is 14.3. The number of rotatable bonds is 12. The number of nitrogens with zero attached hydrogens (tertiary/aromatic N) is 2. The van der Waals surface area contributed by atoms with E-state index in [1.54, 1.807) is 62.4 Å². The van der Waals surface area contributed by atoms with Gasteiger partial charge in [0.25, 0.3) is 5.56 Å². The Kier molecular flexibility index (Phi) is 10.9. The van der Waals surface area contributed by atoms with E-state index in [4.69, 9.17) is 28.8 Å². The average Bonchev–Trinajstić information content (AvgIpc) is 3.37. The Morgan fingerprint density at radius 1 is 1.04 bits per heavy atom. The Morgan fingerprint density at radius 3 is 2.39 bits per heavy atom. The monoisotopic (exact) mass is 750 g/mol. The summed E-state index contributed by atoms with van der Waals surface area (Å²) in [4.78, 5) is 43.8. The number of aromatic carboxylic acids is 1. The summed E-state index contributed by atoms with van der Waals surface area (Å²) in [5.41, 5.74) is 2.60. The second-order valence-electron chi connectivity index (χ2n) is 11.2. The number of ether oxygens (including phenoxy) is 5. The van der Waals surface area contributed by atoms with Gasteiger partial charge in [0, 0.05) is 0 Å². The maximum absolute atomic E-state index is 14.2. The second-order valence-corrected chi connectivity index (χ2v) is 13.1. The fraction of sp³-hybridized carbons (Fsp3) is 0.278. The van der Waals surface area contributed by atoms with E-state index < -0.39 is 18.0 Å². The van der Waals surface area contributed by atoms with Gasteiger partial charge in [0.05, 0.1) is 58.8 Å². The van der Waals surface area contributed by atoms with Gasteiger partial charge in [-0.05, 0) is 103 Å². The van der Waals surface area contributed by atoms with Crippen LogP contribution in [0.1, 0.15) is 60.8 Å². The zero-order valence-corrected chi connectivity index (χ0v) is 30.1. The maximum Gasteiger partial charge on any atom is 0.338 e. The first-order chi connectivity index (χ1) is 23.4. The van der Waals surface area contributed by atoms with Crippen molar-refractivity contribution < 1.29 is 38.4 Å². The minimum Gasteiger partial charge on any atom is -0.493 e. The van der Waals surface area contributed by atoms with E-state index in [1.807, 2.05) is 13.8 Å².